The Bertz CT molecular complexity index is 344. The zero-order chi connectivity index (χ0) is 12.7. The van der Waals surface area contributed by atoms with Gasteiger partial charge in [0.25, 0.3) is 0 Å². The van der Waals surface area contributed by atoms with Gasteiger partial charge in [0.15, 0.2) is 0 Å². The standard InChI is InChI=1S/C13H20ClNO2/c1-4-15-12(7-8-16-2)11-9-10(14)5-6-13(11)17-3/h5-6,9,12,15H,4,7-8H2,1-3H3. The molecule has 1 rings (SSSR count). The second kappa shape index (κ2) is 7.54. The maximum atomic E-state index is 6.04. The number of rotatable bonds is 7. The number of hydrogen-bond donors (Lipinski definition) is 1. The molecule has 17 heavy (non-hydrogen) atoms. The summed E-state index contributed by atoms with van der Waals surface area (Å²) in [5.41, 5.74) is 1.08. The second-order valence-corrected chi connectivity index (χ2v) is 4.21. The summed E-state index contributed by atoms with van der Waals surface area (Å²) in [4.78, 5) is 0. The molecule has 0 aliphatic heterocycles. The molecular weight excluding hydrogens is 238 g/mol. The predicted octanol–water partition coefficient (Wildman–Crippen LogP) is 3.04. The van der Waals surface area contributed by atoms with E-state index < -0.39 is 0 Å². The molecule has 0 fully saturated rings. The van der Waals surface area contributed by atoms with Gasteiger partial charge in [0.05, 0.1) is 7.11 Å². The molecule has 0 saturated carbocycles. The SMILES string of the molecule is CCNC(CCOC)c1cc(Cl)ccc1OC. The van der Waals surface area contributed by atoms with Crippen LogP contribution in [-0.4, -0.2) is 27.4 Å². The quantitative estimate of drug-likeness (QED) is 0.815. The van der Waals surface area contributed by atoms with Crippen LogP contribution in [0, 0.1) is 0 Å². The summed E-state index contributed by atoms with van der Waals surface area (Å²) in [5, 5.41) is 4.14. The number of hydrogen-bond acceptors (Lipinski definition) is 3. The number of ether oxygens (including phenoxy) is 2. The minimum Gasteiger partial charge on any atom is -0.496 e. The fourth-order valence-electron chi connectivity index (χ4n) is 1.83. The summed E-state index contributed by atoms with van der Waals surface area (Å²) in [5.74, 6) is 0.858. The zero-order valence-corrected chi connectivity index (χ0v) is 11.4. The average Bonchev–Trinajstić information content (AvgIpc) is 2.34. The molecule has 4 heteroatoms. The number of nitrogens with one attached hydrogen (secondary N) is 1. The van der Waals surface area contributed by atoms with Crippen LogP contribution in [0.5, 0.6) is 5.75 Å². The van der Waals surface area contributed by atoms with Gasteiger partial charge in [-0.15, -0.1) is 0 Å². The highest BCUT2D eigenvalue weighted by Crippen LogP contribution is 2.30. The Morgan fingerprint density at radius 2 is 2.12 bits per heavy atom. The Hall–Kier alpha value is -0.770. The van der Waals surface area contributed by atoms with E-state index in [1.165, 1.54) is 0 Å². The van der Waals surface area contributed by atoms with Crippen molar-refractivity contribution in [3.05, 3.63) is 28.8 Å². The highest BCUT2D eigenvalue weighted by Gasteiger charge is 2.15. The Morgan fingerprint density at radius 3 is 2.71 bits per heavy atom. The molecule has 0 saturated heterocycles. The topological polar surface area (TPSA) is 30.5 Å². The van der Waals surface area contributed by atoms with Crippen LogP contribution in [0.3, 0.4) is 0 Å². The van der Waals surface area contributed by atoms with Gasteiger partial charge in [0.2, 0.25) is 0 Å². The van der Waals surface area contributed by atoms with Crippen LogP contribution in [0.25, 0.3) is 0 Å². The first-order valence-electron chi connectivity index (χ1n) is 5.78. The zero-order valence-electron chi connectivity index (χ0n) is 10.6. The molecule has 0 spiro atoms. The minimum atomic E-state index is 0.202. The van der Waals surface area contributed by atoms with E-state index in [0.29, 0.717) is 6.61 Å². The van der Waals surface area contributed by atoms with Crippen LogP contribution in [0.15, 0.2) is 18.2 Å². The first-order chi connectivity index (χ1) is 8.22. The Morgan fingerprint density at radius 1 is 1.35 bits per heavy atom. The Balaban J connectivity index is 2.93. The fourth-order valence-corrected chi connectivity index (χ4v) is 2.01. The first-order valence-corrected chi connectivity index (χ1v) is 6.16. The molecule has 3 nitrogen and oxygen atoms in total. The third kappa shape index (κ3) is 4.19. The van der Waals surface area contributed by atoms with Crippen LogP contribution in [0.2, 0.25) is 5.02 Å². The van der Waals surface area contributed by atoms with Crippen molar-refractivity contribution in [1.82, 2.24) is 5.32 Å². The molecule has 0 amide bonds. The summed E-state index contributed by atoms with van der Waals surface area (Å²) in [6.45, 7) is 3.67. The molecule has 0 aliphatic rings. The van der Waals surface area contributed by atoms with Crippen LogP contribution >= 0.6 is 11.6 Å². The number of methoxy groups -OCH3 is 2. The molecule has 0 radical (unpaired) electrons. The fraction of sp³-hybridized carbons (Fsp3) is 0.538. The van der Waals surface area contributed by atoms with Gasteiger partial charge in [-0.25, -0.2) is 0 Å². The van der Waals surface area contributed by atoms with Gasteiger partial charge in [-0.1, -0.05) is 18.5 Å². The van der Waals surface area contributed by atoms with Crippen LogP contribution in [0.4, 0.5) is 0 Å². The molecule has 1 aromatic rings. The molecule has 0 bridgehead atoms. The minimum absolute atomic E-state index is 0.202. The van der Waals surface area contributed by atoms with Gasteiger partial charge in [0.1, 0.15) is 5.75 Å². The lowest BCUT2D eigenvalue weighted by atomic mass is 10.0. The largest absolute Gasteiger partial charge is 0.496 e. The van der Waals surface area contributed by atoms with E-state index in [4.69, 9.17) is 21.1 Å². The maximum absolute atomic E-state index is 6.04. The second-order valence-electron chi connectivity index (χ2n) is 3.78. The van der Waals surface area contributed by atoms with Crippen molar-refractivity contribution < 1.29 is 9.47 Å². The molecular formula is C13H20ClNO2. The van der Waals surface area contributed by atoms with E-state index in [1.807, 2.05) is 18.2 Å². The van der Waals surface area contributed by atoms with Crippen LogP contribution < -0.4 is 10.1 Å². The van der Waals surface area contributed by atoms with Gasteiger partial charge >= 0.3 is 0 Å². The van der Waals surface area contributed by atoms with Crippen molar-refractivity contribution in [1.29, 1.82) is 0 Å². The number of halogens is 1. The van der Waals surface area contributed by atoms with Gasteiger partial charge in [0, 0.05) is 30.3 Å². The average molecular weight is 258 g/mol. The predicted molar refractivity (Wildman–Crippen MR) is 70.9 cm³/mol. The van der Waals surface area contributed by atoms with Gasteiger partial charge < -0.3 is 14.8 Å². The van der Waals surface area contributed by atoms with Crippen molar-refractivity contribution in [3.63, 3.8) is 0 Å². The van der Waals surface area contributed by atoms with Gasteiger partial charge in [-0.2, -0.15) is 0 Å². The van der Waals surface area contributed by atoms with Crippen molar-refractivity contribution in [3.8, 4) is 5.75 Å². The lowest BCUT2D eigenvalue weighted by molar-refractivity contribution is 0.182. The van der Waals surface area contributed by atoms with E-state index in [2.05, 4.69) is 12.2 Å². The highest BCUT2D eigenvalue weighted by molar-refractivity contribution is 6.30. The Labute approximate surface area is 108 Å². The summed E-state index contributed by atoms with van der Waals surface area (Å²) in [6, 6.07) is 5.88. The molecule has 1 aromatic carbocycles. The van der Waals surface area contributed by atoms with Crippen molar-refractivity contribution >= 4 is 11.6 Å². The summed E-state index contributed by atoms with van der Waals surface area (Å²) < 4.78 is 10.5. The van der Waals surface area contributed by atoms with Crippen molar-refractivity contribution in [2.75, 3.05) is 27.4 Å². The van der Waals surface area contributed by atoms with Crippen LogP contribution in [-0.2, 0) is 4.74 Å². The molecule has 1 unspecified atom stereocenters. The molecule has 0 aliphatic carbocycles. The molecule has 96 valence electrons. The highest BCUT2D eigenvalue weighted by atomic mass is 35.5. The maximum Gasteiger partial charge on any atom is 0.123 e. The van der Waals surface area contributed by atoms with E-state index in [0.717, 1.165) is 29.3 Å². The summed E-state index contributed by atoms with van der Waals surface area (Å²) >= 11 is 6.04. The van der Waals surface area contributed by atoms with E-state index in [1.54, 1.807) is 14.2 Å². The third-order valence-electron chi connectivity index (χ3n) is 2.63. The Kier molecular flexibility index (Phi) is 6.34. The van der Waals surface area contributed by atoms with Crippen molar-refractivity contribution in [2.24, 2.45) is 0 Å². The molecule has 0 heterocycles. The molecule has 1 N–H and O–H groups in total. The normalized spacial score (nSPS) is 12.5. The third-order valence-corrected chi connectivity index (χ3v) is 2.86. The lowest BCUT2D eigenvalue weighted by Crippen LogP contribution is -2.22. The lowest BCUT2D eigenvalue weighted by Gasteiger charge is -2.20. The smallest absolute Gasteiger partial charge is 0.123 e. The van der Waals surface area contributed by atoms with Crippen LogP contribution in [0.1, 0.15) is 24.9 Å². The monoisotopic (exact) mass is 257 g/mol. The van der Waals surface area contributed by atoms with Crippen molar-refractivity contribution in [2.45, 2.75) is 19.4 Å². The first kappa shape index (κ1) is 14.3. The van der Waals surface area contributed by atoms with E-state index in [9.17, 15) is 0 Å². The summed E-state index contributed by atoms with van der Waals surface area (Å²) in [7, 11) is 3.38. The van der Waals surface area contributed by atoms with E-state index in [-0.39, 0.29) is 6.04 Å². The van der Waals surface area contributed by atoms with E-state index >= 15 is 0 Å². The van der Waals surface area contributed by atoms with Gasteiger partial charge in [-0.05, 0) is 31.2 Å². The molecule has 0 aromatic heterocycles. The van der Waals surface area contributed by atoms with Gasteiger partial charge in [-0.3, -0.25) is 0 Å². The molecule has 1 atom stereocenters. The number of benzene rings is 1. The summed E-state index contributed by atoms with van der Waals surface area (Å²) in [6.07, 6.45) is 0.890.